The average molecular weight is 1940 g/mol. The minimum Gasteiger partial charge on any atom is -0.456 e. The molecule has 15 heterocycles. The minimum absolute atomic E-state index is 0.0308. The standard InChI is InChI=1S/C15H21ClFN3O4.C14H19ClFN3O4.C13H14F2N4O4.C12H14ClFN4O4.C12H15FN4O4.C12H18N2O5/c1-8(2)14(22)23-12-11(17)13(24-15(12,6-16)7-21)20-5-4-10(18)19-9(20)3;1-3-10(21)22-12-11(16)13(23-14(12,6-15)7-20)19-5-4-9(17)18-8(19)2;1-3-12(4-20)10(22)13(14,15)11(23-12)19-5-16-7-8(19)17-6(2)18-9(7)21;1-5-16-9-7(10(21)17-5)15-4-18(9)11-6(14)8(20)12(2-13,3-19)22-11;1-5-15-9-7(10(20)16-5)14-4-17(9)11-6(13)8(19)12(2,3-18)21-11;1-7-13-8(16)4-5-14(7)10-12(3,18)9(17)11(2,6-15)19-10/h4-5,8,11-13,21H,3,6-7H2,1-2H3,(H2,18,19);4-5,11-13,20H,2-3,6-7H2,1H3,(H2,17,18);3,5,10-11,20,22H,1,4H2,2H3,(H,17,18,21);4,6,8,11,19-20H,2-3H2,1H3,(H,16,17,21);4,6,8,11,18-19H,3H2,1-2H3,(H,15,16,20);4-5,9-10,15,17-18H,1,6H2,2-3H3,(H,13,16)/t11-,12+,13-,15-;11-,12+,13-,14-;10-,11-,12-;2*6-,8+,11-,12-;9-,10-,11-,12-/m111111/s1. The summed E-state index contributed by atoms with van der Waals surface area (Å²) in [6.45, 7) is 24.4. The number of carbonyl (C=O) groups excluding carboxylic acids is 3. The average Bonchev–Trinajstić information content (AvgIpc) is 1.57. The molecular weight excluding hydrogens is 1840 g/mol. The van der Waals surface area contributed by atoms with Gasteiger partial charge in [0.15, 0.2) is 108 Å². The molecule has 9 aliphatic rings. The van der Waals surface area contributed by atoms with Gasteiger partial charge in [-0.1, -0.05) is 46.6 Å². The van der Waals surface area contributed by atoms with Crippen LogP contribution in [0, 0.1) is 26.7 Å². The van der Waals surface area contributed by atoms with E-state index in [1.807, 2.05) is 0 Å². The first kappa shape index (κ1) is 104. The molecule has 19 N–H and O–H groups in total. The fourth-order valence-corrected chi connectivity index (χ4v) is 15.7. The van der Waals surface area contributed by atoms with Gasteiger partial charge in [-0.2, -0.15) is 8.78 Å². The monoisotopic (exact) mass is 1940 g/mol. The van der Waals surface area contributed by atoms with Crippen LogP contribution in [0.3, 0.4) is 0 Å². The van der Waals surface area contributed by atoms with Crippen LogP contribution in [-0.2, 0) is 52.3 Å². The Kier molecular flexibility index (Phi) is 31.9. The Bertz CT molecular complexity index is 5630. The number of aliphatic imine (C=N–C) groups is 2. The Morgan fingerprint density at radius 1 is 0.553 bits per heavy atom. The molecule has 9 aliphatic heterocycles. The second kappa shape index (κ2) is 40.5. The third kappa shape index (κ3) is 19.6. The van der Waals surface area contributed by atoms with Gasteiger partial charge < -0.3 is 141 Å². The molecule has 1 amide bonds. The number of H-pyrrole nitrogens is 3. The Morgan fingerprint density at radius 2 is 0.962 bits per heavy atom. The number of nitrogens with one attached hydrogen (secondary N) is 4. The van der Waals surface area contributed by atoms with Crippen LogP contribution in [-0.4, -0.2) is 341 Å². The summed E-state index contributed by atoms with van der Waals surface area (Å²) in [6, 6.07) is 0. The molecule has 0 aromatic carbocycles. The number of ether oxygens (including phenoxy) is 8. The zero-order valence-electron chi connectivity index (χ0n) is 71.9. The van der Waals surface area contributed by atoms with Gasteiger partial charge in [-0.25, -0.2) is 57.5 Å². The fraction of sp³-hybridized carbons (Fsp3) is 0.564. The van der Waals surface area contributed by atoms with E-state index in [0.29, 0.717) is 11.6 Å². The van der Waals surface area contributed by atoms with Crippen molar-refractivity contribution in [3.8, 4) is 0 Å². The molecule has 0 radical (unpaired) electrons. The summed E-state index contributed by atoms with van der Waals surface area (Å²) in [7, 11) is 0. The van der Waals surface area contributed by atoms with Crippen molar-refractivity contribution in [1.82, 2.24) is 78.6 Å². The topological polar surface area (TPSA) is 637 Å². The van der Waals surface area contributed by atoms with E-state index in [1.54, 1.807) is 34.6 Å². The van der Waals surface area contributed by atoms with Gasteiger partial charge in [0.05, 0.1) is 82.2 Å². The van der Waals surface area contributed by atoms with Crippen molar-refractivity contribution in [1.29, 1.82) is 0 Å². The van der Waals surface area contributed by atoms with Crippen molar-refractivity contribution < 1.29 is 135 Å². The predicted octanol–water partition coefficient (Wildman–Crippen LogP) is -0.969. The van der Waals surface area contributed by atoms with Crippen molar-refractivity contribution in [2.45, 2.75) is 213 Å². The molecule has 0 aliphatic carbocycles. The van der Waals surface area contributed by atoms with Gasteiger partial charge >= 0.3 is 17.9 Å². The van der Waals surface area contributed by atoms with Crippen LogP contribution in [0.2, 0.25) is 0 Å². The zero-order valence-corrected chi connectivity index (χ0v) is 74.2. The quantitative estimate of drug-likeness (QED) is 0.0189. The van der Waals surface area contributed by atoms with Crippen LogP contribution in [0.1, 0.15) is 84.1 Å². The van der Waals surface area contributed by atoms with Gasteiger partial charge in [-0.05, 0) is 53.7 Å². The number of aromatic nitrogens is 12. The summed E-state index contributed by atoms with van der Waals surface area (Å²) in [5.41, 5.74) is -1.30. The van der Waals surface area contributed by atoms with Gasteiger partial charge in [-0.3, -0.25) is 42.5 Å². The molecule has 15 rings (SSSR count). The van der Waals surface area contributed by atoms with Gasteiger partial charge in [-0.15, -0.1) is 41.4 Å². The van der Waals surface area contributed by atoms with Crippen LogP contribution in [0.5, 0.6) is 0 Å². The number of aryl methyl sites for hydroxylation is 3. The number of amides is 1. The highest BCUT2D eigenvalue weighted by Gasteiger charge is 2.67. The van der Waals surface area contributed by atoms with E-state index in [0.717, 1.165) is 17.0 Å². The highest BCUT2D eigenvalue weighted by atomic mass is 35.5. The smallest absolute Gasteiger partial charge is 0.320 e. The SMILES string of the molecule is C=C1N=C(N)C=CN1[C@@H]1O[C@@](CO)(CCl)[C@@H](OC(=O)C(C)C)[C@H]1F.C=C1N=C(N)C=CN1[C@@H]1O[C@@](CO)(CCl)[C@@H](OC(=O)CC)[C@H]1F.C=C1NC(=O)C=CN1[C@@H]1O[C@](C)(CO)[C@@H](O)[C@@]1(C)O.C=C[C@]1(CO)O[C@@H](n2cnc3c(=O)[nH]c(C)nc32)C(F)(F)[C@@H]1O.Cc1nc2c(ncn2[C@@H]2O[C@@](CO)(CCl)[C@@H](O)[C@H]2F)c(=O)[nH]1.Cc1nc2c(ncn2[C@@H]2O[C@](C)(CO)[C@@H](O)[C@H]2F)c(=O)[nH]1. The number of aliphatic hydroxyl groups is 11. The number of fused-ring (bicyclic) bond motifs is 3. The number of alkyl halides is 9. The summed E-state index contributed by atoms with van der Waals surface area (Å²) in [5, 5.41) is 109. The third-order valence-corrected chi connectivity index (χ3v) is 23.9. The zero-order chi connectivity index (χ0) is 98.1. The van der Waals surface area contributed by atoms with E-state index in [9.17, 15) is 107 Å². The summed E-state index contributed by atoms with van der Waals surface area (Å²) in [6.07, 6.45) is -11.5. The van der Waals surface area contributed by atoms with E-state index in [2.05, 4.69) is 86.5 Å². The molecule has 0 saturated carbocycles. The van der Waals surface area contributed by atoms with E-state index in [4.69, 9.17) is 84.2 Å². The molecule has 6 aromatic heterocycles. The van der Waals surface area contributed by atoms with Gasteiger partial charge in [0, 0.05) is 31.1 Å². The number of aromatic amines is 3. The molecule has 132 heavy (non-hydrogen) atoms. The lowest BCUT2D eigenvalue weighted by Crippen LogP contribution is -2.54. The van der Waals surface area contributed by atoms with Crippen LogP contribution in [0.4, 0.5) is 26.3 Å². The van der Waals surface area contributed by atoms with Crippen LogP contribution in [0.15, 0.2) is 130 Å². The number of amidine groups is 2. The lowest BCUT2D eigenvalue weighted by atomic mass is 9.89. The second-order valence-electron chi connectivity index (χ2n) is 32.4. The molecule has 23 atom stereocenters. The van der Waals surface area contributed by atoms with Gasteiger partial charge in [0.25, 0.3) is 22.6 Å². The molecular formula is C78H101Cl3F6N20O25. The summed E-state index contributed by atoms with van der Waals surface area (Å²) >= 11 is 17.5. The lowest BCUT2D eigenvalue weighted by Gasteiger charge is -2.37. The van der Waals surface area contributed by atoms with Crippen molar-refractivity contribution in [3.63, 3.8) is 0 Å². The normalized spacial score (nSPS) is 33.8. The number of aliphatic hydroxyl groups excluding tert-OH is 10. The Morgan fingerprint density at radius 3 is 1.33 bits per heavy atom. The maximum Gasteiger partial charge on any atom is 0.320 e. The number of nitrogens with two attached hydrogens (primary N) is 2. The van der Waals surface area contributed by atoms with E-state index >= 15 is 4.39 Å². The maximum atomic E-state index is 15.0. The van der Waals surface area contributed by atoms with Crippen LogP contribution in [0.25, 0.3) is 33.5 Å². The molecule has 726 valence electrons. The molecule has 0 bridgehead atoms. The van der Waals surface area contributed by atoms with Gasteiger partial charge in [0.1, 0.15) is 104 Å². The molecule has 6 aromatic rings. The van der Waals surface area contributed by atoms with Crippen molar-refractivity contribution in [3.05, 3.63) is 154 Å². The number of nitrogens with zero attached hydrogens (tertiary/aromatic N) is 14. The molecule has 0 spiro atoms. The van der Waals surface area contributed by atoms with E-state index < -0.39 is 218 Å². The number of imidazole rings is 3. The van der Waals surface area contributed by atoms with E-state index in [1.165, 1.54) is 101 Å². The summed E-state index contributed by atoms with van der Waals surface area (Å²) in [4.78, 5) is 113. The second-order valence-corrected chi connectivity index (χ2v) is 33.2. The number of carbonyl (C=O) groups is 3. The molecule has 45 nitrogen and oxygen atoms in total. The Balaban J connectivity index is 0.000000165. The first-order valence-electron chi connectivity index (χ1n) is 40.0. The van der Waals surface area contributed by atoms with Gasteiger partial charge in [0.2, 0.25) is 6.23 Å². The molecule has 54 heteroatoms. The van der Waals surface area contributed by atoms with Crippen LogP contribution >= 0.6 is 34.8 Å². The number of hydrogen-bond donors (Lipinski definition) is 17. The number of hydrogen-bond acceptors (Lipinski definition) is 38. The largest absolute Gasteiger partial charge is 0.456 e. The number of esters is 2. The fourth-order valence-electron chi connectivity index (χ4n) is 14.8. The Hall–Kier alpha value is -10.2. The molecule has 6 saturated heterocycles. The minimum atomic E-state index is -3.76. The van der Waals surface area contributed by atoms with Crippen molar-refractivity contribution in [2.24, 2.45) is 27.4 Å². The van der Waals surface area contributed by atoms with Crippen molar-refractivity contribution >= 4 is 97.8 Å². The third-order valence-electron chi connectivity index (χ3n) is 22.5. The highest BCUT2D eigenvalue weighted by molar-refractivity contribution is 6.19. The highest BCUT2D eigenvalue weighted by Crippen LogP contribution is 2.50. The predicted molar refractivity (Wildman–Crippen MR) is 452 cm³/mol. The summed E-state index contributed by atoms with van der Waals surface area (Å²) < 4.78 is 134. The number of rotatable bonds is 20. The van der Waals surface area contributed by atoms with Crippen LogP contribution < -0.4 is 33.5 Å². The molecule has 6 fully saturated rings. The van der Waals surface area contributed by atoms with Crippen molar-refractivity contribution in [2.75, 3.05) is 57.3 Å². The number of halogens is 9. The van der Waals surface area contributed by atoms with E-state index in [-0.39, 0.29) is 98.4 Å². The first-order valence-corrected chi connectivity index (χ1v) is 41.6. The maximum absolute atomic E-state index is 15.0. The first-order chi connectivity index (χ1) is 61.9. The lowest BCUT2D eigenvalue weighted by molar-refractivity contribution is -0.168. The summed E-state index contributed by atoms with van der Waals surface area (Å²) in [5.74, 6) is -4.67. The Labute approximate surface area is 759 Å². The molecule has 0 unspecified atom stereocenters.